The van der Waals surface area contributed by atoms with Gasteiger partial charge in [-0.15, -0.1) is 0 Å². The maximum absolute atomic E-state index is 5.03. The minimum absolute atomic E-state index is 0.167. The molecule has 1 fully saturated rings. The Bertz CT molecular complexity index is 885. The van der Waals surface area contributed by atoms with Crippen LogP contribution in [-0.4, -0.2) is 12.4 Å². The van der Waals surface area contributed by atoms with Crippen molar-refractivity contribution in [1.29, 1.82) is 0 Å². The molecule has 1 heterocycles. The maximum atomic E-state index is 5.03. The van der Waals surface area contributed by atoms with Gasteiger partial charge in [-0.25, -0.2) is 0 Å². The highest BCUT2D eigenvalue weighted by Crippen LogP contribution is 2.33. The summed E-state index contributed by atoms with van der Waals surface area (Å²) in [6.45, 7) is 3.28. The lowest BCUT2D eigenvalue weighted by Crippen LogP contribution is -2.22. The molecule has 1 unspecified atom stereocenters. The Kier molecular flexibility index (Phi) is 4.20. The Morgan fingerprint density at radius 2 is 1.62 bits per heavy atom. The number of benzene rings is 3. The number of fused-ring (bicyclic) bond motifs is 3. The molecule has 0 saturated carbocycles. The Labute approximate surface area is 143 Å². The van der Waals surface area contributed by atoms with E-state index >= 15 is 0 Å². The van der Waals surface area contributed by atoms with Crippen molar-refractivity contribution >= 4 is 27.4 Å². The van der Waals surface area contributed by atoms with Gasteiger partial charge >= 0.3 is 0 Å². The van der Waals surface area contributed by atoms with Crippen LogP contribution in [0.2, 0.25) is 0 Å². The van der Waals surface area contributed by atoms with Crippen LogP contribution in [0.25, 0.3) is 21.5 Å². The molecule has 0 spiro atoms. The highest BCUT2D eigenvalue weighted by molar-refractivity contribution is 6.09. The van der Waals surface area contributed by atoms with Gasteiger partial charge in [0.15, 0.2) is 0 Å². The van der Waals surface area contributed by atoms with Crippen LogP contribution < -0.4 is 5.32 Å². The van der Waals surface area contributed by atoms with Gasteiger partial charge in [-0.1, -0.05) is 55.0 Å². The van der Waals surface area contributed by atoms with Crippen molar-refractivity contribution < 1.29 is 0 Å². The average molecular weight is 316 g/mol. The molecule has 122 valence electrons. The molecule has 2 heteroatoms. The summed E-state index contributed by atoms with van der Waals surface area (Å²) in [4.78, 5) is 5.03. The molecule has 3 aromatic carbocycles. The molecule has 1 N–H and O–H groups in total. The van der Waals surface area contributed by atoms with Crippen LogP contribution in [-0.2, 0) is 0 Å². The SMILES string of the molecule is CC(N=C1CCCCCN1)c1cc2ccccc2c2ccccc12. The van der Waals surface area contributed by atoms with E-state index in [0.29, 0.717) is 0 Å². The predicted octanol–water partition coefficient (Wildman–Crippen LogP) is 5.62. The lowest BCUT2D eigenvalue weighted by molar-refractivity contribution is 0.721. The van der Waals surface area contributed by atoms with Crippen molar-refractivity contribution in [1.82, 2.24) is 5.32 Å². The summed E-state index contributed by atoms with van der Waals surface area (Å²) in [5.74, 6) is 1.18. The van der Waals surface area contributed by atoms with Gasteiger partial charge in [0.2, 0.25) is 0 Å². The van der Waals surface area contributed by atoms with Gasteiger partial charge in [0, 0.05) is 13.0 Å². The van der Waals surface area contributed by atoms with E-state index in [1.54, 1.807) is 0 Å². The summed E-state index contributed by atoms with van der Waals surface area (Å²) in [6, 6.07) is 19.9. The smallest absolute Gasteiger partial charge is 0.0970 e. The van der Waals surface area contributed by atoms with Crippen LogP contribution in [0.5, 0.6) is 0 Å². The highest BCUT2D eigenvalue weighted by Gasteiger charge is 2.13. The van der Waals surface area contributed by atoms with E-state index < -0.39 is 0 Å². The van der Waals surface area contributed by atoms with E-state index in [1.807, 2.05) is 0 Å². The highest BCUT2D eigenvalue weighted by atomic mass is 15.0. The minimum Gasteiger partial charge on any atom is -0.374 e. The monoisotopic (exact) mass is 316 g/mol. The molecule has 1 aliphatic rings. The van der Waals surface area contributed by atoms with E-state index in [0.717, 1.165) is 13.0 Å². The van der Waals surface area contributed by atoms with E-state index in [9.17, 15) is 0 Å². The molecule has 3 aromatic rings. The third-order valence-corrected chi connectivity index (χ3v) is 5.02. The Morgan fingerprint density at radius 1 is 0.875 bits per heavy atom. The topological polar surface area (TPSA) is 24.4 Å². The first-order valence-corrected chi connectivity index (χ1v) is 9.04. The summed E-state index contributed by atoms with van der Waals surface area (Å²) in [5, 5.41) is 8.79. The normalized spacial score (nSPS) is 18.5. The number of hydrogen-bond acceptors (Lipinski definition) is 1. The van der Waals surface area contributed by atoms with Crippen molar-refractivity contribution in [2.45, 2.75) is 38.6 Å². The lowest BCUT2D eigenvalue weighted by atomic mass is 9.94. The zero-order valence-corrected chi connectivity index (χ0v) is 14.3. The summed E-state index contributed by atoms with van der Waals surface area (Å²) >= 11 is 0. The molecule has 1 saturated heterocycles. The molecule has 0 radical (unpaired) electrons. The first-order valence-electron chi connectivity index (χ1n) is 9.04. The molecular weight excluding hydrogens is 292 g/mol. The average Bonchev–Trinajstić information content (AvgIpc) is 2.89. The van der Waals surface area contributed by atoms with Gasteiger partial charge in [-0.3, -0.25) is 4.99 Å². The van der Waals surface area contributed by atoms with Crippen LogP contribution in [0.15, 0.2) is 59.6 Å². The van der Waals surface area contributed by atoms with E-state index in [2.05, 4.69) is 66.8 Å². The number of nitrogens with zero attached hydrogens (tertiary/aromatic N) is 1. The van der Waals surface area contributed by atoms with Gasteiger partial charge in [0.05, 0.1) is 11.9 Å². The fourth-order valence-corrected chi connectivity index (χ4v) is 3.76. The molecule has 1 atom stereocenters. The third-order valence-electron chi connectivity index (χ3n) is 5.02. The molecule has 24 heavy (non-hydrogen) atoms. The van der Waals surface area contributed by atoms with E-state index in [-0.39, 0.29) is 6.04 Å². The zero-order chi connectivity index (χ0) is 16.4. The molecule has 0 aromatic heterocycles. The van der Waals surface area contributed by atoms with Crippen LogP contribution >= 0.6 is 0 Å². The maximum Gasteiger partial charge on any atom is 0.0970 e. The summed E-state index contributed by atoms with van der Waals surface area (Å²) in [7, 11) is 0. The van der Waals surface area contributed by atoms with Crippen LogP contribution in [0.1, 0.15) is 44.2 Å². The molecule has 1 aliphatic heterocycles. The molecule has 0 bridgehead atoms. The summed E-state index contributed by atoms with van der Waals surface area (Å²) < 4.78 is 0. The fraction of sp³-hybridized carbons (Fsp3) is 0.318. The first-order chi connectivity index (χ1) is 11.8. The number of rotatable bonds is 2. The Hall–Kier alpha value is -2.35. The number of nitrogens with one attached hydrogen (secondary N) is 1. The minimum atomic E-state index is 0.167. The Balaban J connectivity index is 1.83. The second kappa shape index (κ2) is 6.64. The Morgan fingerprint density at radius 3 is 2.50 bits per heavy atom. The van der Waals surface area contributed by atoms with Gasteiger partial charge in [0.1, 0.15) is 0 Å². The van der Waals surface area contributed by atoms with E-state index in [4.69, 9.17) is 4.99 Å². The fourth-order valence-electron chi connectivity index (χ4n) is 3.76. The zero-order valence-electron chi connectivity index (χ0n) is 14.3. The number of hydrogen-bond donors (Lipinski definition) is 1. The largest absolute Gasteiger partial charge is 0.374 e. The van der Waals surface area contributed by atoms with Crippen molar-refractivity contribution in [3.63, 3.8) is 0 Å². The second-order valence-corrected chi connectivity index (χ2v) is 6.72. The van der Waals surface area contributed by atoms with Crippen molar-refractivity contribution in [3.8, 4) is 0 Å². The second-order valence-electron chi connectivity index (χ2n) is 6.72. The van der Waals surface area contributed by atoms with E-state index in [1.165, 1.54) is 52.2 Å². The lowest BCUT2D eigenvalue weighted by Gasteiger charge is -2.16. The van der Waals surface area contributed by atoms with Crippen LogP contribution in [0, 0.1) is 0 Å². The number of amidine groups is 1. The number of aliphatic imine (C=N–C) groups is 1. The summed E-state index contributed by atoms with van der Waals surface area (Å²) in [5.41, 5.74) is 1.32. The molecule has 0 aliphatic carbocycles. The molecule has 2 nitrogen and oxygen atoms in total. The molecule has 4 rings (SSSR count). The van der Waals surface area contributed by atoms with Crippen molar-refractivity contribution in [3.05, 3.63) is 60.2 Å². The van der Waals surface area contributed by atoms with Gasteiger partial charge < -0.3 is 5.32 Å². The van der Waals surface area contributed by atoms with Gasteiger partial charge in [0.25, 0.3) is 0 Å². The van der Waals surface area contributed by atoms with Crippen LogP contribution in [0.3, 0.4) is 0 Å². The quantitative estimate of drug-likeness (QED) is 0.610. The van der Waals surface area contributed by atoms with Crippen LogP contribution in [0.4, 0.5) is 0 Å². The molecule has 0 amide bonds. The van der Waals surface area contributed by atoms with Crippen molar-refractivity contribution in [2.24, 2.45) is 4.99 Å². The van der Waals surface area contributed by atoms with Gasteiger partial charge in [-0.2, -0.15) is 0 Å². The third kappa shape index (κ3) is 2.89. The van der Waals surface area contributed by atoms with Gasteiger partial charge in [-0.05, 0) is 52.9 Å². The standard InChI is InChI=1S/C22H24N2/c1-16(24-22-13-3-2-8-14-23-22)21-15-17-9-4-5-10-18(17)19-11-6-7-12-20(19)21/h4-7,9-12,15-16H,2-3,8,13-14H2,1H3,(H,23,24). The first kappa shape index (κ1) is 15.2. The van der Waals surface area contributed by atoms with Crippen molar-refractivity contribution in [2.75, 3.05) is 6.54 Å². The predicted molar refractivity (Wildman–Crippen MR) is 104 cm³/mol. The summed E-state index contributed by atoms with van der Waals surface area (Å²) in [6.07, 6.45) is 4.89. The molecular formula is C22H24N2.